The van der Waals surface area contributed by atoms with Crippen molar-refractivity contribution in [1.82, 2.24) is 0 Å². The molecule has 0 N–H and O–H groups in total. The van der Waals surface area contributed by atoms with Crippen molar-refractivity contribution in [2.24, 2.45) is 0 Å². The lowest BCUT2D eigenvalue weighted by molar-refractivity contribution is -0.142. The number of carbonyl (C=O) groups is 3. The highest BCUT2D eigenvalue weighted by Crippen LogP contribution is 2.15. The average molecular weight is 279 g/mol. The minimum Gasteiger partial charge on any atom is -0.466 e. The maximum atomic E-state index is 11.5. The van der Waals surface area contributed by atoms with E-state index >= 15 is 0 Å². The summed E-state index contributed by atoms with van der Waals surface area (Å²) in [5, 5.41) is 0. The van der Waals surface area contributed by atoms with Gasteiger partial charge >= 0.3 is 12.1 Å². The Kier molecular flexibility index (Phi) is 6.22. The number of rotatable bonds is 6. The molecule has 1 rings (SSSR count). The van der Waals surface area contributed by atoms with Crippen LogP contribution in [0.25, 0.3) is 0 Å². The van der Waals surface area contributed by atoms with Crippen LogP contribution in [-0.2, 0) is 25.5 Å². The second-order valence-corrected chi connectivity index (χ2v) is 3.82. The van der Waals surface area contributed by atoms with Gasteiger partial charge in [0.15, 0.2) is 0 Å². The number of benzene rings is 1. The van der Waals surface area contributed by atoms with Gasteiger partial charge in [0.25, 0.3) is 0 Å². The molecule has 6 nitrogen and oxygen atoms in total. The summed E-state index contributed by atoms with van der Waals surface area (Å²) in [7, 11) is 0. The molecule has 1 aromatic carbocycles. The van der Waals surface area contributed by atoms with E-state index in [0.717, 1.165) is 10.5 Å². The van der Waals surface area contributed by atoms with Crippen molar-refractivity contribution in [2.45, 2.75) is 20.3 Å². The average Bonchev–Trinajstić information content (AvgIpc) is 2.42. The van der Waals surface area contributed by atoms with Gasteiger partial charge in [-0.15, -0.1) is 0 Å². The van der Waals surface area contributed by atoms with Gasteiger partial charge in [-0.2, -0.15) is 0 Å². The first kappa shape index (κ1) is 15.7. The van der Waals surface area contributed by atoms with Crippen molar-refractivity contribution < 1.29 is 23.9 Å². The van der Waals surface area contributed by atoms with Gasteiger partial charge in [-0.25, -0.2) is 9.69 Å². The smallest absolute Gasteiger partial charge is 0.420 e. The Labute approximate surface area is 117 Å². The molecule has 2 amide bonds. The van der Waals surface area contributed by atoms with Gasteiger partial charge in [-0.05, 0) is 31.5 Å². The Morgan fingerprint density at radius 1 is 1.10 bits per heavy atom. The van der Waals surface area contributed by atoms with Crippen LogP contribution in [0.2, 0.25) is 0 Å². The van der Waals surface area contributed by atoms with Crippen molar-refractivity contribution in [3.8, 4) is 0 Å². The quantitative estimate of drug-likeness (QED) is 0.587. The maximum Gasteiger partial charge on any atom is 0.420 e. The third kappa shape index (κ3) is 4.38. The Balaban J connectivity index is 2.76. The van der Waals surface area contributed by atoms with Gasteiger partial charge in [0.1, 0.15) is 0 Å². The minimum absolute atomic E-state index is 0.147. The summed E-state index contributed by atoms with van der Waals surface area (Å²) in [5.41, 5.74) is 1.12. The van der Waals surface area contributed by atoms with Gasteiger partial charge in [-0.3, -0.25) is 9.59 Å². The Hall–Kier alpha value is -2.37. The van der Waals surface area contributed by atoms with Crippen molar-refractivity contribution in [3.05, 3.63) is 29.8 Å². The molecule has 108 valence electrons. The standard InChI is InChI=1S/C14H17NO5/c1-3-19-13(17)9-11-5-7-12(8-6-11)15(10-16)14(18)20-4-2/h5-8,10H,3-4,9H2,1-2H3. The summed E-state index contributed by atoms with van der Waals surface area (Å²) in [4.78, 5) is 34.6. The van der Waals surface area contributed by atoms with Gasteiger partial charge in [0, 0.05) is 0 Å². The lowest BCUT2D eigenvalue weighted by Gasteiger charge is -2.15. The molecule has 0 aliphatic rings. The van der Waals surface area contributed by atoms with E-state index in [1.165, 1.54) is 0 Å². The fourth-order valence-electron chi connectivity index (χ4n) is 1.56. The molecular weight excluding hydrogens is 262 g/mol. The zero-order chi connectivity index (χ0) is 15.0. The van der Waals surface area contributed by atoms with E-state index in [-0.39, 0.29) is 19.0 Å². The second kappa shape index (κ2) is 7.93. The number of hydrogen-bond donors (Lipinski definition) is 0. The van der Waals surface area contributed by atoms with E-state index in [0.29, 0.717) is 18.7 Å². The minimum atomic E-state index is -0.736. The third-order valence-corrected chi connectivity index (χ3v) is 2.44. The number of esters is 1. The zero-order valence-electron chi connectivity index (χ0n) is 11.5. The molecule has 0 bridgehead atoms. The summed E-state index contributed by atoms with van der Waals surface area (Å²) >= 11 is 0. The van der Waals surface area contributed by atoms with Crippen LogP contribution >= 0.6 is 0 Å². The lowest BCUT2D eigenvalue weighted by atomic mass is 10.1. The first-order chi connectivity index (χ1) is 9.62. The molecule has 1 aromatic rings. The number of anilines is 1. The summed E-state index contributed by atoms with van der Waals surface area (Å²) in [6, 6.07) is 6.45. The van der Waals surface area contributed by atoms with Crippen LogP contribution in [0.1, 0.15) is 19.4 Å². The van der Waals surface area contributed by atoms with E-state index in [1.807, 2.05) is 0 Å². The van der Waals surface area contributed by atoms with E-state index in [1.54, 1.807) is 38.1 Å². The van der Waals surface area contributed by atoms with Crippen LogP contribution in [0.5, 0.6) is 0 Å². The van der Waals surface area contributed by atoms with Gasteiger partial charge in [0.05, 0.1) is 25.3 Å². The van der Waals surface area contributed by atoms with E-state index < -0.39 is 6.09 Å². The highest BCUT2D eigenvalue weighted by atomic mass is 16.6. The molecule has 0 aromatic heterocycles. The summed E-state index contributed by atoms with van der Waals surface area (Å²) < 4.78 is 9.59. The van der Waals surface area contributed by atoms with Crippen molar-refractivity contribution in [1.29, 1.82) is 0 Å². The highest BCUT2D eigenvalue weighted by molar-refractivity contribution is 6.03. The third-order valence-electron chi connectivity index (χ3n) is 2.44. The molecule has 0 saturated carbocycles. The normalized spacial score (nSPS) is 9.70. The number of imide groups is 1. The van der Waals surface area contributed by atoms with Crippen LogP contribution in [0.3, 0.4) is 0 Å². The van der Waals surface area contributed by atoms with Crippen LogP contribution in [0.4, 0.5) is 10.5 Å². The number of amides is 2. The molecule has 0 radical (unpaired) electrons. The molecule has 0 aliphatic carbocycles. The predicted octanol–water partition coefficient (Wildman–Crippen LogP) is 1.91. The molecule has 0 heterocycles. The van der Waals surface area contributed by atoms with Gasteiger partial charge < -0.3 is 9.47 Å². The van der Waals surface area contributed by atoms with Crippen molar-refractivity contribution in [3.63, 3.8) is 0 Å². The molecule has 0 spiro atoms. The SMILES string of the molecule is CCOC(=O)Cc1ccc(N(C=O)C(=O)OCC)cc1. The molecule has 0 fully saturated rings. The largest absolute Gasteiger partial charge is 0.466 e. The second-order valence-electron chi connectivity index (χ2n) is 3.82. The fraction of sp³-hybridized carbons (Fsp3) is 0.357. The number of hydrogen-bond acceptors (Lipinski definition) is 5. The van der Waals surface area contributed by atoms with Crippen molar-refractivity contribution >= 4 is 24.2 Å². The van der Waals surface area contributed by atoms with Gasteiger partial charge in [0.2, 0.25) is 6.41 Å². The number of carbonyl (C=O) groups excluding carboxylic acids is 3. The van der Waals surface area contributed by atoms with E-state index in [2.05, 4.69) is 0 Å². The molecule has 0 aliphatic heterocycles. The number of ether oxygens (including phenoxy) is 2. The van der Waals surface area contributed by atoms with Crippen LogP contribution in [0.15, 0.2) is 24.3 Å². The summed E-state index contributed by atoms with van der Waals surface area (Å²) in [6.07, 6.45) is -0.201. The Morgan fingerprint density at radius 3 is 2.20 bits per heavy atom. The predicted molar refractivity (Wildman–Crippen MR) is 72.3 cm³/mol. The lowest BCUT2D eigenvalue weighted by Crippen LogP contribution is -2.29. The van der Waals surface area contributed by atoms with Crippen LogP contribution in [0, 0.1) is 0 Å². The topological polar surface area (TPSA) is 72.9 Å². The monoisotopic (exact) mass is 279 g/mol. The molecule has 20 heavy (non-hydrogen) atoms. The Bertz CT molecular complexity index is 469. The summed E-state index contributed by atoms with van der Waals surface area (Å²) in [6.45, 7) is 3.91. The first-order valence-electron chi connectivity index (χ1n) is 6.28. The molecular formula is C14H17NO5. The number of nitrogens with zero attached hydrogens (tertiary/aromatic N) is 1. The molecule has 0 unspecified atom stereocenters. The van der Waals surface area contributed by atoms with E-state index in [9.17, 15) is 14.4 Å². The van der Waals surface area contributed by atoms with E-state index in [4.69, 9.17) is 9.47 Å². The first-order valence-corrected chi connectivity index (χ1v) is 6.28. The van der Waals surface area contributed by atoms with Gasteiger partial charge in [-0.1, -0.05) is 12.1 Å². The van der Waals surface area contributed by atoms with Crippen molar-refractivity contribution in [2.75, 3.05) is 18.1 Å². The fourth-order valence-corrected chi connectivity index (χ4v) is 1.56. The highest BCUT2D eigenvalue weighted by Gasteiger charge is 2.16. The maximum absolute atomic E-state index is 11.5. The Morgan fingerprint density at radius 2 is 1.70 bits per heavy atom. The molecule has 0 saturated heterocycles. The van der Waals surface area contributed by atoms with Crippen LogP contribution in [-0.4, -0.2) is 31.7 Å². The molecule has 0 atom stereocenters. The van der Waals surface area contributed by atoms with Crippen LogP contribution < -0.4 is 4.90 Å². The molecule has 6 heteroatoms. The zero-order valence-corrected chi connectivity index (χ0v) is 11.5. The summed E-state index contributed by atoms with van der Waals surface area (Å²) in [5.74, 6) is -0.321.